The van der Waals surface area contributed by atoms with E-state index in [4.69, 9.17) is 13.3 Å². The van der Waals surface area contributed by atoms with Crippen molar-refractivity contribution in [2.24, 2.45) is 0 Å². The molecule has 3 aromatic heterocycles. The first-order valence-electron chi connectivity index (χ1n) is 18.9. The molecular formula is C52H31NO3. The Kier molecular flexibility index (Phi) is 6.60. The number of para-hydroxylation sites is 5. The quantitative estimate of drug-likeness (QED) is 0.178. The summed E-state index contributed by atoms with van der Waals surface area (Å²) in [7, 11) is 0. The fourth-order valence-electron chi connectivity index (χ4n) is 8.68. The molecule has 4 nitrogen and oxygen atoms in total. The molecule has 12 rings (SSSR count). The lowest BCUT2D eigenvalue weighted by Crippen LogP contribution is -2.11. The van der Waals surface area contributed by atoms with Gasteiger partial charge in [0.1, 0.15) is 33.5 Å². The Balaban J connectivity index is 1.07. The minimum absolute atomic E-state index is 0.858. The molecule has 0 spiro atoms. The maximum absolute atomic E-state index is 6.87. The van der Waals surface area contributed by atoms with Gasteiger partial charge in [-0.25, -0.2) is 0 Å². The van der Waals surface area contributed by atoms with Crippen LogP contribution in [0.5, 0.6) is 0 Å². The number of rotatable bonds is 5. The van der Waals surface area contributed by atoms with E-state index in [1.807, 2.05) is 24.3 Å². The fraction of sp³-hybridized carbons (Fsp3) is 0. The molecule has 0 aliphatic heterocycles. The van der Waals surface area contributed by atoms with Crippen LogP contribution in [0.2, 0.25) is 0 Å². The van der Waals surface area contributed by atoms with E-state index >= 15 is 0 Å². The van der Waals surface area contributed by atoms with E-state index in [-0.39, 0.29) is 0 Å². The lowest BCUT2D eigenvalue weighted by atomic mass is 9.98. The Morgan fingerprint density at radius 2 is 0.875 bits per heavy atom. The van der Waals surface area contributed by atoms with Crippen molar-refractivity contribution < 1.29 is 13.3 Å². The molecule has 262 valence electrons. The molecule has 0 N–H and O–H groups in total. The molecule has 3 heterocycles. The first-order chi connectivity index (χ1) is 27.8. The van der Waals surface area contributed by atoms with Gasteiger partial charge in [0.15, 0.2) is 0 Å². The number of nitrogens with zero attached hydrogens (tertiary/aromatic N) is 1. The summed E-state index contributed by atoms with van der Waals surface area (Å²) in [5, 5.41) is 8.88. The fourth-order valence-corrected chi connectivity index (χ4v) is 8.68. The van der Waals surface area contributed by atoms with E-state index in [1.165, 1.54) is 0 Å². The second kappa shape index (κ2) is 12.0. The maximum atomic E-state index is 6.87. The Labute approximate surface area is 321 Å². The highest BCUT2D eigenvalue weighted by Gasteiger charge is 2.22. The molecule has 12 aromatic rings. The molecule has 0 aliphatic rings. The van der Waals surface area contributed by atoms with E-state index in [9.17, 15) is 0 Å². The predicted octanol–water partition coefficient (Wildman–Crippen LogP) is 15.3. The number of hydrogen-bond donors (Lipinski definition) is 0. The van der Waals surface area contributed by atoms with Crippen molar-refractivity contribution in [3.05, 3.63) is 188 Å². The lowest BCUT2D eigenvalue weighted by molar-refractivity contribution is 0.669. The van der Waals surface area contributed by atoms with Crippen LogP contribution in [0.25, 0.3) is 98.8 Å². The zero-order chi connectivity index (χ0) is 36.7. The number of anilines is 3. The average Bonchev–Trinajstić information content (AvgIpc) is 3.96. The highest BCUT2D eigenvalue weighted by molar-refractivity contribution is 6.18. The molecule has 0 amide bonds. The van der Waals surface area contributed by atoms with Gasteiger partial charge in [0.2, 0.25) is 0 Å². The SMILES string of the molecule is c1ccc(N(c2ccc(-c3cccc4c3oc3ccccc34)cc2)c2ccc3oc4ccccc4c3c2)c(-c2cccc3c2oc2c4ccccc4ccc32)c1. The number of benzene rings is 9. The predicted molar refractivity (Wildman–Crippen MR) is 231 cm³/mol. The van der Waals surface area contributed by atoms with Gasteiger partial charge in [0, 0.05) is 65.8 Å². The van der Waals surface area contributed by atoms with Crippen LogP contribution in [-0.4, -0.2) is 0 Å². The Morgan fingerprint density at radius 3 is 1.71 bits per heavy atom. The first-order valence-corrected chi connectivity index (χ1v) is 18.9. The second-order valence-corrected chi connectivity index (χ2v) is 14.4. The van der Waals surface area contributed by atoms with Gasteiger partial charge in [-0.2, -0.15) is 0 Å². The van der Waals surface area contributed by atoms with E-state index in [1.54, 1.807) is 0 Å². The number of hydrogen-bond acceptors (Lipinski definition) is 4. The zero-order valence-electron chi connectivity index (χ0n) is 30.1. The third kappa shape index (κ3) is 4.60. The van der Waals surface area contributed by atoms with Crippen LogP contribution in [-0.2, 0) is 0 Å². The van der Waals surface area contributed by atoms with Crippen molar-refractivity contribution in [3.63, 3.8) is 0 Å². The standard InChI is InChI=1S/C52H31NO3/c1-2-12-36-32(11-1)25-29-44-43-19-10-17-41(52(43)56-51(36)44)38-13-3-6-20-46(38)53(35-28-30-49-45(31-35)40-15-5-7-21-47(40)54-49)34-26-23-33(24-27-34)37-16-9-18-42-39-14-4-8-22-48(39)55-50(37)42/h1-31H. The van der Waals surface area contributed by atoms with Gasteiger partial charge < -0.3 is 18.2 Å². The van der Waals surface area contributed by atoms with Gasteiger partial charge >= 0.3 is 0 Å². The van der Waals surface area contributed by atoms with Crippen molar-refractivity contribution in [2.45, 2.75) is 0 Å². The summed E-state index contributed by atoms with van der Waals surface area (Å²) in [4.78, 5) is 2.35. The third-order valence-corrected chi connectivity index (χ3v) is 11.3. The van der Waals surface area contributed by atoms with Crippen molar-refractivity contribution in [2.75, 3.05) is 4.90 Å². The van der Waals surface area contributed by atoms with Crippen LogP contribution in [0.3, 0.4) is 0 Å². The first kappa shape index (κ1) is 30.9. The summed E-state index contributed by atoms with van der Waals surface area (Å²) >= 11 is 0. The Hall–Kier alpha value is -7.56. The van der Waals surface area contributed by atoms with Crippen LogP contribution in [0.1, 0.15) is 0 Å². The summed E-state index contributed by atoms with van der Waals surface area (Å²) in [6, 6.07) is 66.1. The normalized spacial score (nSPS) is 11.9. The minimum atomic E-state index is 0.858. The molecule has 9 aromatic carbocycles. The molecule has 0 radical (unpaired) electrons. The van der Waals surface area contributed by atoms with Gasteiger partial charge in [-0.15, -0.1) is 0 Å². The average molecular weight is 718 g/mol. The minimum Gasteiger partial charge on any atom is -0.456 e. The molecule has 4 heteroatoms. The van der Waals surface area contributed by atoms with E-state index in [2.05, 4.69) is 169 Å². The summed E-state index contributed by atoms with van der Waals surface area (Å²) in [6.07, 6.45) is 0. The van der Waals surface area contributed by atoms with E-state index in [0.717, 1.165) is 116 Å². The molecule has 0 saturated heterocycles. The number of fused-ring (bicyclic) bond motifs is 11. The molecule has 56 heavy (non-hydrogen) atoms. The van der Waals surface area contributed by atoms with E-state index in [0.29, 0.717) is 0 Å². The summed E-state index contributed by atoms with van der Waals surface area (Å²) < 4.78 is 19.6. The van der Waals surface area contributed by atoms with Gasteiger partial charge in [-0.3, -0.25) is 0 Å². The molecule has 0 unspecified atom stereocenters. The molecule has 0 saturated carbocycles. The van der Waals surface area contributed by atoms with Crippen molar-refractivity contribution in [1.29, 1.82) is 0 Å². The maximum Gasteiger partial charge on any atom is 0.143 e. The monoisotopic (exact) mass is 717 g/mol. The summed E-state index contributed by atoms with van der Waals surface area (Å²) in [5.74, 6) is 0. The van der Waals surface area contributed by atoms with Crippen LogP contribution in [0.15, 0.2) is 201 Å². The molecule has 0 atom stereocenters. The second-order valence-electron chi connectivity index (χ2n) is 14.4. The largest absolute Gasteiger partial charge is 0.456 e. The molecule has 0 bridgehead atoms. The van der Waals surface area contributed by atoms with Crippen molar-refractivity contribution in [1.82, 2.24) is 0 Å². The zero-order valence-corrected chi connectivity index (χ0v) is 30.1. The highest BCUT2D eigenvalue weighted by Crippen LogP contribution is 2.46. The molecular weight excluding hydrogens is 687 g/mol. The van der Waals surface area contributed by atoms with Gasteiger partial charge in [0.25, 0.3) is 0 Å². The van der Waals surface area contributed by atoms with Crippen LogP contribution < -0.4 is 4.90 Å². The number of furan rings is 3. The molecule has 0 aliphatic carbocycles. The van der Waals surface area contributed by atoms with Crippen LogP contribution >= 0.6 is 0 Å². The van der Waals surface area contributed by atoms with Crippen LogP contribution in [0, 0.1) is 0 Å². The summed E-state index contributed by atoms with van der Waals surface area (Å²) in [6.45, 7) is 0. The Morgan fingerprint density at radius 1 is 0.304 bits per heavy atom. The van der Waals surface area contributed by atoms with Crippen LogP contribution in [0.4, 0.5) is 17.1 Å². The Bertz CT molecular complexity index is 3490. The smallest absolute Gasteiger partial charge is 0.143 e. The van der Waals surface area contributed by atoms with Crippen molar-refractivity contribution in [3.8, 4) is 22.3 Å². The third-order valence-electron chi connectivity index (χ3n) is 11.3. The van der Waals surface area contributed by atoms with Gasteiger partial charge in [-0.1, -0.05) is 133 Å². The topological polar surface area (TPSA) is 42.7 Å². The molecule has 0 fully saturated rings. The lowest BCUT2D eigenvalue weighted by Gasteiger charge is -2.28. The highest BCUT2D eigenvalue weighted by atomic mass is 16.3. The van der Waals surface area contributed by atoms with Gasteiger partial charge in [0.05, 0.1) is 5.69 Å². The summed E-state index contributed by atoms with van der Waals surface area (Å²) in [5.41, 5.74) is 12.6. The van der Waals surface area contributed by atoms with E-state index < -0.39 is 0 Å². The van der Waals surface area contributed by atoms with Gasteiger partial charge in [-0.05, 0) is 65.5 Å². The van der Waals surface area contributed by atoms with Crippen molar-refractivity contribution >= 4 is 93.7 Å².